The lowest BCUT2D eigenvalue weighted by molar-refractivity contribution is -0.140. The summed E-state index contributed by atoms with van der Waals surface area (Å²) in [5.74, 6) is 0.711. The van der Waals surface area contributed by atoms with E-state index in [2.05, 4.69) is 13.8 Å². The SMILES string of the molecule is CCCC(=O)N1CC(N)(C(C)C)C1. The average molecular weight is 184 g/mol. The first-order valence-corrected chi connectivity index (χ1v) is 5.06. The van der Waals surface area contributed by atoms with Crippen LogP contribution in [0.3, 0.4) is 0 Å². The van der Waals surface area contributed by atoms with E-state index in [0.29, 0.717) is 12.3 Å². The van der Waals surface area contributed by atoms with Crippen LogP contribution in [0.15, 0.2) is 0 Å². The van der Waals surface area contributed by atoms with Crippen molar-refractivity contribution >= 4 is 5.91 Å². The van der Waals surface area contributed by atoms with Gasteiger partial charge in [-0.2, -0.15) is 0 Å². The molecule has 0 spiro atoms. The minimum Gasteiger partial charge on any atom is -0.339 e. The van der Waals surface area contributed by atoms with Gasteiger partial charge in [-0.15, -0.1) is 0 Å². The van der Waals surface area contributed by atoms with E-state index in [1.54, 1.807) is 0 Å². The smallest absolute Gasteiger partial charge is 0.222 e. The largest absolute Gasteiger partial charge is 0.339 e. The molecular weight excluding hydrogens is 164 g/mol. The Labute approximate surface area is 80.3 Å². The van der Waals surface area contributed by atoms with Gasteiger partial charge in [0, 0.05) is 19.5 Å². The zero-order valence-corrected chi connectivity index (χ0v) is 8.84. The fourth-order valence-electron chi connectivity index (χ4n) is 1.58. The van der Waals surface area contributed by atoms with Crippen molar-refractivity contribution in [2.24, 2.45) is 11.7 Å². The molecule has 0 radical (unpaired) electrons. The number of likely N-dealkylation sites (tertiary alicyclic amines) is 1. The minimum atomic E-state index is -0.122. The zero-order chi connectivity index (χ0) is 10.1. The number of hydrogen-bond donors (Lipinski definition) is 1. The molecule has 3 nitrogen and oxygen atoms in total. The Hall–Kier alpha value is -0.570. The van der Waals surface area contributed by atoms with Crippen molar-refractivity contribution in [2.75, 3.05) is 13.1 Å². The van der Waals surface area contributed by atoms with E-state index in [1.807, 2.05) is 11.8 Å². The summed E-state index contributed by atoms with van der Waals surface area (Å²) < 4.78 is 0. The minimum absolute atomic E-state index is 0.122. The molecule has 0 aromatic carbocycles. The molecule has 1 aliphatic heterocycles. The molecule has 1 amide bonds. The van der Waals surface area contributed by atoms with Crippen molar-refractivity contribution in [3.63, 3.8) is 0 Å². The molecule has 0 aromatic heterocycles. The summed E-state index contributed by atoms with van der Waals surface area (Å²) in [5.41, 5.74) is 5.95. The maximum Gasteiger partial charge on any atom is 0.222 e. The first-order chi connectivity index (χ1) is 5.99. The van der Waals surface area contributed by atoms with Gasteiger partial charge in [0.2, 0.25) is 5.91 Å². The molecule has 1 fully saturated rings. The summed E-state index contributed by atoms with van der Waals surface area (Å²) in [6.07, 6.45) is 1.59. The van der Waals surface area contributed by atoms with Crippen LogP contribution in [0.5, 0.6) is 0 Å². The molecule has 1 heterocycles. The number of rotatable bonds is 3. The Kier molecular flexibility index (Phi) is 2.96. The Morgan fingerprint density at radius 3 is 2.46 bits per heavy atom. The topological polar surface area (TPSA) is 46.3 Å². The van der Waals surface area contributed by atoms with Crippen molar-refractivity contribution < 1.29 is 4.79 Å². The van der Waals surface area contributed by atoms with Gasteiger partial charge in [-0.1, -0.05) is 20.8 Å². The first-order valence-electron chi connectivity index (χ1n) is 5.06. The van der Waals surface area contributed by atoms with Gasteiger partial charge in [-0.05, 0) is 12.3 Å². The highest BCUT2D eigenvalue weighted by Gasteiger charge is 2.43. The molecule has 3 heteroatoms. The van der Waals surface area contributed by atoms with Gasteiger partial charge < -0.3 is 10.6 Å². The summed E-state index contributed by atoms with van der Waals surface area (Å²) in [5, 5.41) is 0. The lowest BCUT2D eigenvalue weighted by atomic mass is 9.80. The Morgan fingerprint density at radius 2 is 2.08 bits per heavy atom. The molecule has 0 unspecified atom stereocenters. The summed E-state index contributed by atoms with van der Waals surface area (Å²) >= 11 is 0. The third-order valence-corrected chi connectivity index (χ3v) is 2.94. The number of nitrogens with zero attached hydrogens (tertiary/aromatic N) is 1. The van der Waals surface area contributed by atoms with Gasteiger partial charge in [-0.3, -0.25) is 4.79 Å². The molecule has 0 atom stereocenters. The second-order valence-electron chi connectivity index (χ2n) is 4.39. The number of hydrogen-bond acceptors (Lipinski definition) is 2. The van der Waals surface area contributed by atoms with Crippen LogP contribution in [-0.2, 0) is 4.79 Å². The number of nitrogens with two attached hydrogens (primary N) is 1. The molecule has 13 heavy (non-hydrogen) atoms. The molecule has 1 saturated heterocycles. The van der Waals surface area contributed by atoms with E-state index in [4.69, 9.17) is 5.73 Å². The summed E-state index contributed by atoms with van der Waals surface area (Å²) in [7, 11) is 0. The van der Waals surface area contributed by atoms with Crippen LogP contribution < -0.4 is 5.73 Å². The predicted molar refractivity (Wildman–Crippen MR) is 53.2 cm³/mol. The van der Waals surface area contributed by atoms with Gasteiger partial charge in [0.25, 0.3) is 0 Å². The fourth-order valence-corrected chi connectivity index (χ4v) is 1.58. The van der Waals surface area contributed by atoms with E-state index >= 15 is 0 Å². The fraction of sp³-hybridized carbons (Fsp3) is 0.900. The summed E-state index contributed by atoms with van der Waals surface area (Å²) in [4.78, 5) is 13.3. The van der Waals surface area contributed by atoms with Gasteiger partial charge in [0.05, 0.1) is 5.54 Å². The van der Waals surface area contributed by atoms with Crippen molar-refractivity contribution in [2.45, 2.75) is 39.2 Å². The van der Waals surface area contributed by atoms with Gasteiger partial charge in [0.1, 0.15) is 0 Å². The van der Waals surface area contributed by atoms with Crippen LogP contribution in [0.1, 0.15) is 33.6 Å². The van der Waals surface area contributed by atoms with Crippen molar-refractivity contribution in [3.8, 4) is 0 Å². The molecule has 0 aliphatic carbocycles. The van der Waals surface area contributed by atoms with E-state index < -0.39 is 0 Å². The van der Waals surface area contributed by atoms with E-state index in [-0.39, 0.29) is 11.4 Å². The molecular formula is C10H20N2O. The molecule has 1 rings (SSSR count). The lowest BCUT2D eigenvalue weighted by Crippen LogP contribution is -2.71. The zero-order valence-electron chi connectivity index (χ0n) is 8.84. The predicted octanol–water partition coefficient (Wildman–Crippen LogP) is 0.982. The van der Waals surface area contributed by atoms with Gasteiger partial charge in [-0.25, -0.2) is 0 Å². The average Bonchev–Trinajstić information content (AvgIpc) is 1.98. The number of amides is 1. The maximum absolute atomic E-state index is 11.4. The van der Waals surface area contributed by atoms with Crippen molar-refractivity contribution in [3.05, 3.63) is 0 Å². The maximum atomic E-state index is 11.4. The second kappa shape index (κ2) is 3.66. The number of carbonyl (C=O) groups excluding carboxylic acids is 1. The molecule has 0 saturated carbocycles. The van der Waals surface area contributed by atoms with Crippen LogP contribution in [0, 0.1) is 5.92 Å². The van der Waals surface area contributed by atoms with E-state index in [0.717, 1.165) is 19.5 Å². The second-order valence-corrected chi connectivity index (χ2v) is 4.39. The molecule has 2 N–H and O–H groups in total. The molecule has 1 aliphatic rings. The Bertz CT molecular complexity index is 195. The van der Waals surface area contributed by atoms with E-state index in [1.165, 1.54) is 0 Å². The highest BCUT2D eigenvalue weighted by molar-refractivity contribution is 5.77. The Morgan fingerprint density at radius 1 is 1.54 bits per heavy atom. The van der Waals surface area contributed by atoms with E-state index in [9.17, 15) is 4.79 Å². The quantitative estimate of drug-likeness (QED) is 0.710. The third kappa shape index (κ3) is 2.02. The third-order valence-electron chi connectivity index (χ3n) is 2.94. The van der Waals surface area contributed by atoms with Crippen LogP contribution in [0.4, 0.5) is 0 Å². The van der Waals surface area contributed by atoms with Crippen molar-refractivity contribution in [1.29, 1.82) is 0 Å². The lowest BCUT2D eigenvalue weighted by Gasteiger charge is -2.50. The highest BCUT2D eigenvalue weighted by Crippen LogP contribution is 2.26. The normalized spacial score (nSPS) is 20.2. The van der Waals surface area contributed by atoms with Gasteiger partial charge in [0.15, 0.2) is 0 Å². The standard InChI is InChI=1S/C10H20N2O/c1-4-5-9(13)12-6-10(11,7-12)8(2)3/h8H,4-7,11H2,1-3H3. The van der Waals surface area contributed by atoms with Crippen LogP contribution >= 0.6 is 0 Å². The van der Waals surface area contributed by atoms with Gasteiger partial charge >= 0.3 is 0 Å². The Balaban J connectivity index is 2.36. The molecule has 76 valence electrons. The summed E-state index contributed by atoms with van der Waals surface area (Å²) in [6, 6.07) is 0. The monoisotopic (exact) mass is 184 g/mol. The number of carbonyl (C=O) groups is 1. The molecule has 0 bridgehead atoms. The molecule has 0 aromatic rings. The first kappa shape index (κ1) is 10.5. The van der Waals surface area contributed by atoms with Crippen LogP contribution in [-0.4, -0.2) is 29.4 Å². The van der Waals surface area contributed by atoms with Crippen LogP contribution in [0.2, 0.25) is 0 Å². The van der Waals surface area contributed by atoms with Crippen LogP contribution in [0.25, 0.3) is 0 Å². The van der Waals surface area contributed by atoms with Crippen molar-refractivity contribution in [1.82, 2.24) is 4.90 Å². The summed E-state index contributed by atoms with van der Waals surface area (Å²) in [6.45, 7) is 7.73. The highest BCUT2D eigenvalue weighted by atomic mass is 16.2.